The first kappa shape index (κ1) is 9.50. The Morgan fingerprint density at radius 3 is 3.08 bits per heavy atom. The van der Waals surface area contributed by atoms with Crippen LogP contribution in [-0.2, 0) is 0 Å². The highest BCUT2D eigenvalue weighted by molar-refractivity contribution is 4.84. The van der Waals surface area contributed by atoms with Crippen LogP contribution in [0.15, 0.2) is 0 Å². The van der Waals surface area contributed by atoms with E-state index in [0.29, 0.717) is 6.04 Å². The lowest BCUT2D eigenvalue weighted by Crippen LogP contribution is -2.50. The van der Waals surface area contributed by atoms with Crippen LogP contribution in [0.25, 0.3) is 0 Å². The molecule has 1 aliphatic rings. The van der Waals surface area contributed by atoms with Crippen molar-refractivity contribution >= 4 is 0 Å². The van der Waals surface area contributed by atoms with Crippen molar-refractivity contribution in [2.24, 2.45) is 5.92 Å². The molecule has 1 heterocycles. The van der Waals surface area contributed by atoms with Crippen LogP contribution in [0.4, 0.5) is 0 Å². The maximum Gasteiger partial charge on any atom is 0.0666 e. The molecule has 12 heavy (non-hydrogen) atoms. The molecule has 0 spiro atoms. The van der Waals surface area contributed by atoms with Crippen LogP contribution in [0.2, 0.25) is 0 Å². The fraction of sp³-hybridized carbons (Fsp3) is 0.889. The van der Waals surface area contributed by atoms with Gasteiger partial charge >= 0.3 is 0 Å². The lowest BCUT2D eigenvalue weighted by molar-refractivity contribution is 0.195. The average molecular weight is 167 g/mol. The highest BCUT2D eigenvalue weighted by Gasteiger charge is 2.16. The second-order valence-corrected chi connectivity index (χ2v) is 3.64. The molecule has 3 heteroatoms. The molecule has 0 amide bonds. The van der Waals surface area contributed by atoms with E-state index < -0.39 is 0 Å². The van der Waals surface area contributed by atoms with Crippen LogP contribution in [0.5, 0.6) is 0 Å². The molecule has 1 fully saturated rings. The molecule has 0 bridgehead atoms. The van der Waals surface area contributed by atoms with Crippen molar-refractivity contribution in [3.63, 3.8) is 0 Å². The molecule has 0 aromatic heterocycles. The summed E-state index contributed by atoms with van der Waals surface area (Å²) in [7, 11) is 0. The quantitative estimate of drug-likeness (QED) is 0.648. The van der Waals surface area contributed by atoms with Gasteiger partial charge < -0.3 is 5.32 Å². The third-order valence-corrected chi connectivity index (χ3v) is 2.21. The summed E-state index contributed by atoms with van der Waals surface area (Å²) in [5, 5.41) is 12.0. The number of rotatable bonds is 2. The Hall–Kier alpha value is -0.590. The van der Waals surface area contributed by atoms with Crippen LogP contribution in [0, 0.1) is 17.2 Å². The molecule has 0 aromatic rings. The van der Waals surface area contributed by atoms with Crippen molar-refractivity contribution in [1.82, 2.24) is 10.2 Å². The molecule has 1 aliphatic heterocycles. The zero-order chi connectivity index (χ0) is 8.97. The average Bonchev–Trinajstić information content (AvgIpc) is 2.04. The van der Waals surface area contributed by atoms with Crippen LogP contribution < -0.4 is 5.32 Å². The van der Waals surface area contributed by atoms with E-state index in [2.05, 4.69) is 23.2 Å². The highest BCUT2D eigenvalue weighted by Crippen LogP contribution is 2.02. The summed E-state index contributed by atoms with van der Waals surface area (Å²) < 4.78 is 0. The first-order valence-corrected chi connectivity index (χ1v) is 4.57. The summed E-state index contributed by atoms with van der Waals surface area (Å²) in [4.78, 5) is 2.36. The second-order valence-electron chi connectivity index (χ2n) is 3.64. The van der Waals surface area contributed by atoms with Crippen molar-refractivity contribution in [2.45, 2.75) is 19.9 Å². The van der Waals surface area contributed by atoms with Gasteiger partial charge in [0.05, 0.1) is 12.0 Å². The fourth-order valence-electron chi connectivity index (χ4n) is 1.61. The molecule has 2 atom stereocenters. The topological polar surface area (TPSA) is 39.1 Å². The van der Waals surface area contributed by atoms with Crippen molar-refractivity contribution in [3.05, 3.63) is 0 Å². The Kier molecular flexibility index (Phi) is 3.51. The number of hydrogen-bond donors (Lipinski definition) is 1. The lowest BCUT2D eigenvalue weighted by Gasteiger charge is -2.32. The van der Waals surface area contributed by atoms with Crippen molar-refractivity contribution in [3.8, 4) is 6.07 Å². The zero-order valence-electron chi connectivity index (χ0n) is 7.88. The van der Waals surface area contributed by atoms with Gasteiger partial charge in [0.25, 0.3) is 0 Å². The number of nitriles is 1. The molecule has 0 radical (unpaired) electrons. The zero-order valence-corrected chi connectivity index (χ0v) is 7.88. The standard InChI is InChI=1S/C9H17N3/c1-8(5-10)6-12-4-3-11-9(2)7-12/h8-9,11H,3-4,6-7H2,1-2H3/t8?,9-/m1/s1. The molecule has 68 valence electrons. The SMILES string of the molecule is CC(C#N)CN1CCN[C@H](C)C1. The largest absolute Gasteiger partial charge is 0.312 e. The van der Waals surface area contributed by atoms with Crippen molar-refractivity contribution in [1.29, 1.82) is 5.26 Å². The third kappa shape index (κ3) is 2.80. The molecule has 1 rings (SSSR count). The fourth-order valence-corrected chi connectivity index (χ4v) is 1.61. The normalized spacial score (nSPS) is 27.9. The molecule has 0 aliphatic carbocycles. The monoisotopic (exact) mass is 167 g/mol. The second kappa shape index (κ2) is 4.44. The minimum atomic E-state index is 0.162. The van der Waals surface area contributed by atoms with Crippen LogP contribution in [-0.4, -0.2) is 37.1 Å². The van der Waals surface area contributed by atoms with Crippen LogP contribution in [0.1, 0.15) is 13.8 Å². The first-order valence-electron chi connectivity index (χ1n) is 4.57. The molecular formula is C9H17N3. The first-order chi connectivity index (χ1) is 5.72. The number of nitrogens with one attached hydrogen (secondary N) is 1. The van der Waals surface area contributed by atoms with Gasteiger partial charge in [-0.1, -0.05) is 0 Å². The maximum absolute atomic E-state index is 8.64. The summed E-state index contributed by atoms with van der Waals surface area (Å²) in [6, 6.07) is 2.84. The Morgan fingerprint density at radius 1 is 1.75 bits per heavy atom. The minimum Gasteiger partial charge on any atom is -0.312 e. The summed E-state index contributed by atoms with van der Waals surface area (Å²) in [6.07, 6.45) is 0. The van der Waals surface area contributed by atoms with E-state index >= 15 is 0 Å². The van der Waals surface area contributed by atoms with Gasteiger partial charge in [-0.05, 0) is 13.8 Å². The Balaban J connectivity index is 2.28. The van der Waals surface area contributed by atoms with E-state index in [4.69, 9.17) is 5.26 Å². The molecule has 0 saturated carbocycles. The molecule has 3 nitrogen and oxygen atoms in total. The van der Waals surface area contributed by atoms with Crippen molar-refractivity contribution < 1.29 is 0 Å². The summed E-state index contributed by atoms with van der Waals surface area (Å²) in [5.41, 5.74) is 0. The van der Waals surface area contributed by atoms with E-state index in [0.717, 1.165) is 26.2 Å². The van der Waals surface area contributed by atoms with E-state index in [-0.39, 0.29) is 5.92 Å². The van der Waals surface area contributed by atoms with Gasteiger partial charge in [-0.15, -0.1) is 0 Å². The van der Waals surface area contributed by atoms with E-state index in [1.165, 1.54) is 0 Å². The van der Waals surface area contributed by atoms with Crippen LogP contribution in [0.3, 0.4) is 0 Å². The van der Waals surface area contributed by atoms with E-state index in [9.17, 15) is 0 Å². The maximum atomic E-state index is 8.64. The predicted octanol–water partition coefficient (Wildman–Crippen LogP) is 0.440. The van der Waals surface area contributed by atoms with Gasteiger partial charge in [-0.2, -0.15) is 5.26 Å². The highest BCUT2D eigenvalue weighted by atomic mass is 15.2. The van der Waals surface area contributed by atoms with Gasteiger partial charge in [0.2, 0.25) is 0 Å². The Morgan fingerprint density at radius 2 is 2.50 bits per heavy atom. The van der Waals surface area contributed by atoms with Gasteiger partial charge in [-0.25, -0.2) is 0 Å². The molecule has 1 saturated heterocycles. The van der Waals surface area contributed by atoms with Crippen LogP contribution >= 0.6 is 0 Å². The Labute approximate surface area is 74.4 Å². The minimum absolute atomic E-state index is 0.162. The predicted molar refractivity (Wildman–Crippen MR) is 48.7 cm³/mol. The van der Waals surface area contributed by atoms with Gasteiger partial charge in [-0.3, -0.25) is 4.90 Å². The van der Waals surface area contributed by atoms with Crippen molar-refractivity contribution in [2.75, 3.05) is 26.2 Å². The van der Waals surface area contributed by atoms with Gasteiger partial charge in [0.15, 0.2) is 0 Å². The van der Waals surface area contributed by atoms with E-state index in [1.54, 1.807) is 0 Å². The molecule has 1 unspecified atom stereocenters. The molecule has 0 aromatic carbocycles. The summed E-state index contributed by atoms with van der Waals surface area (Å²) >= 11 is 0. The number of hydrogen-bond acceptors (Lipinski definition) is 3. The van der Waals surface area contributed by atoms with Gasteiger partial charge in [0.1, 0.15) is 0 Å². The lowest BCUT2D eigenvalue weighted by atomic mass is 10.1. The number of nitrogens with zero attached hydrogens (tertiary/aromatic N) is 2. The Bertz CT molecular complexity index is 173. The molecular weight excluding hydrogens is 150 g/mol. The third-order valence-electron chi connectivity index (χ3n) is 2.21. The van der Waals surface area contributed by atoms with Gasteiger partial charge in [0, 0.05) is 32.2 Å². The smallest absolute Gasteiger partial charge is 0.0666 e. The summed E-state index contributed by atoms with van der Waals surface area (Å²) in [5.74, 6) is 0.162. The number of piperazine rings is 1. The van der Waals surface area contributed by atoms with E-state index in [1.807, 2.05) is 6.92 Å². The molecule has 1 N–H and O–H groups in total. The summed E-state index contributed by atoms with van der Waals surface area (Å²) in [6.45, 7) is 8.29.